The highest BCUT2D eigenvalue weighted by Crippen LogP contribution is 2.37. The van der Waals surface area contributed by atoms with E-state index in [1.165, 1.54) is 17.2 Å². The van der Waals surface area contributed by atoms with Gasteiger partial charge < -0.3 is 15.3 Å². The van der Waals surface area contributed by atoms with Crippen molar-refractivity contribution in [3.05, 3.63) is 58.9 Å². The van der Waals surface area contributed by atoms with E-state index in [9.17, 15) is 9.50 Å². The van der Waals surface area contributed by atoms with Crippen molar-refractivity contribution in [1.82, 2.24) is 5.32 Å². The number of anilines is 1. The number of fused-ring (bicyclic) bond motifs is 1. The lowest BCUT2D eigenvalue weighted by Crippen LogP contribution is -2.41. The summed E-state index contributed by atoms with van der Waals surface area (Å²) >= 11 is 0. The summed E-state index contributed by atoms with van der Waals surface area (Å²) in [6, 6.07) is 12.7. The standard InChI is InChI=1S/C21H22FN3O/c22-19-11-14(13-23)1-4-20(19)25-9-6-15(7-10-25)21-18-3-2-17(26)12-16(18)5-8-24-21/h1-4,11-12,15,21,24,26H,5-10H2. The van der Waals surface area contributed by atoms with Gasteiger partial charge in [-0.25, -0.2) is 4.39 Å². The maximum Gasteiger partial charge on any atom is 0.147 e. The van der Waals surface area contributed by atoms with Crippen LogP contribution in [0.2, 0.25) is 0 Å². The van der Waals surface area contributed by atoms with Crippen LogP contribution in [-0.2, 0) is 6.42 Å². The lowest BCUT2D eigenvalue weighted by molar-refractivity contribution is 0.290. The third-order valence-electron chi connectivity index (χ3n) is 5.65. The highest BCUT2D eigenvalue weighted by molar-refractivity contribution is 5.51. The van der Waals surface area contributed by atoms with Gasteiger partial charge in [0.05, 0.1) is 17.3 Å². The minimum Gasteiger partial charge on any atom is -0.508 e. The number of hydrogen-bond acceptors (Lipinski definition) is 4. The molecule has 2 aliphatic rings. The molecule has 2 N–H and O–H groups in total. The molecule has 5 heteroatoms. The van der Waals surface area contributed by atoms with E-state index in [1.807, 2.05) is 18.2 Å². The Balaban J connectivity index is 1.47. The number of nitrogens with zero attached hydrogens (tertiary/aromatic N) is 2. The van der Waals surface area contributed by atoms with Crippen molar-refractivity contribution < 1.29 is 9.50 Å². The Hall–Kier alpha value is -2.58. The number of aromatic hydroxyl groups is 1. The van der Waals surface area contributed by atoms with Gasteiger partial charge in [0.15, 0.2) is 0 Å². The molecule has 0 aromatic heterocycles. The summed E-state index contributed by atoms with van der Waals surface area (Å²) < 4.78 is 14.3. The van der Waals surface area contributed by atoms with Crippen LogP contribution < -0.4 is 10.2 Å². The number of benzene rings is 2. The van der Waals surface area contributed by atoms with Gasteiger partial charge in [0.1, 0.15) is 11.6 Å². The number of piperidine rings is 1. The van der Waals surface area contributed by atoms with E-state index < -0.39 is 0 Å². The minimum absolute atomic E-state index is 0.298. The molecule has 4 rings (SSSR count). The van der Waals surface area contributed by atoms with Gasteiger partial charge in [-0.2, -0.15) is 5.26 Å². The topological polar surface area (TPSA) is 59.3 Å². The average Bonchev–Trinajstić information content (AvgIpc) is 2.67. The van der Waals surface area contributed by atoms with Crippen molar-refractivity contribution in [1.29, 1.82) is 5.26 Å². The summed E-state index contributed by atoms with van der Waals surface area (Å²) in [7, 11) is 0. The number of hydrogen-bond donors (Lipinski definition) is 2. The van der Waals surface area contributed by atoms with Gasteiger partial charge in [0.2, 0.25) is 0 Å². The van der Waals surface area contributed by atoms with E-state index in [-0.39, 0.29) is 5.82 Å². The number of halogens is 1. The second-order valence-corrected chi connectivity index (χ2v) is 7.17. The smallest absolute Gasteiger partial charge is 0.147 e. The minimum atomic E-state index is -0.320. The first-order chi connectivity index (χ1) is 12.7. The second kappa shape index (κ2) is 6.97. The van der Waals surface area contributed by atoms with Crippen molar-refractivity contribution in [3.63, 3.8) is 0 Å². The van der Waals surface area contributed by atoms with Crippen LogP contribution in [0.1, 0.15) is 35.6 Å². The first-order valence-electron chi connectivity index (χ1n) is 9.15. The van der Waals surface area contributed by atoms with Crippen LogP contribution in [0.4, 0.5) is 10.1 Å². The zero-order chi connectivity index (χ0) is 18.1. The number of rotatable bonds is 2. The maximum absolute atomic E-state index is 14.3. The molecule has 1 saturated heterocycles. The van der Waals surface area contributed by atoms with Crippen LogP contribution >= 0.6 is 0 Å². The van der Waals surface area contributed by atoms with Crippen LogP contribution in [-0.4, -0.2) is 24.7 Å². The summed E-state index contributed by atoms with van der Waals surface area (Å²) in [5, 5.41) is 22.2. The number of nitriles is 1. The Morgan fingerprint density at radius 1 is 1.15 bits per heavy atom. The van der Waals surface area contributed by atoms with Crippen molar-refractivity contribution in [2.75, 3.05) is 24.5 Å². The van der Waals surface area contributed by atoms with E-state index >= 15 is 0 Å². The first-order valence-corrected chi connectivity index (χ1v) is 9.15. The Morgan fingerprint density at radius 2 is 1.96 bits per heavy atom. The second-order valence-electron chi connectivity index (χ2n) is 7.17. The fourth-order valence-electron chi connectivity index (χ4n) is 4.31. The maximum atomic E-state index is 14.3. The molecule has 4 nitrogen and oxygen atoms in total. The predicted octanol–water partition coefficient (Wildman–Crippen LogP) is 3.51. The predicted molar refractivity (Wildman–Crippen MR) is 98.6 cm³/mol. The zero-order valence-corrected chi connectivity index (χ0v) is 14.6. The molecule has 1 unspecified atom stereocenters. The lowest BCUT2D eigenvalue weighted by Gasteiger charge is -2.40. The third-order valence-corrected chi connectivity index (χ3v) is 5.65. The Morgan fingerprint density at radius 3 is 2.69 bits per heavy atom. The highest BCUT2D eigenvalue weighted by Gasteiger charge is 2.31. The molecule has 0 spiro atoms. The van der Waals surface area contributed by atoms with Crippen LogP contribution in [0, 0.1) is 23.1 Å². The van der Waals surface area contributed by atoms with Gasteiger partial charge in [0.25, 0.3) is 0 Å². The van der Waals surface area contributed by atoms with Gasteiger partial charge in [-0.3, -0.25) is 0 Å². The molecule has 0 bridgehead atoms. The number of phenolic OH excluding ortho intramolecular Hbond substituents is 1. The molecule has 0 saturated carbocycles. The van der Waals surface area contributed by atoms with E-state index in [0.29, 0.717) is 29.0 Å². The molecule has 0 radical (unpaired) electrons. The van der Waals surface area contributed by atoms with Crippen molar-refractivity contribution in [2.45, 2.75) is 25.3 Å². The van der Waals surface area contributed by atoms with Crippen LogP contribution in [0.3, 0.4) is 0 Å². The zero-order valence-electron chi connectivity index (χ0n) is 14.6. The van der Waals surface area contributed by atoms with Gasteiger partial charge in [-0.05, 0) is 73.2 Å². The quantitative estimate of drug-likeness (QED) is 0.869. The van der Waals surface area contributed by atoms with Gasteiger partial charge in [-0.1, -0.05) is 6.07 Å². The van der Waals surface area contributed by atoms with Crippen molar-refractivity contribution >= 4 is 5.69 Å². The molecule has 2 aromatic rings. The molecule has 0 aliphatic carbocycles. The summed E-state index contributed by atoms with van der Waals surface area (Å²) in [5.74, 6) is 0.505. The van der Waals surface area contributed by atoms with E-state index in [2.05, 4.69) is 10.2 Å². The monoisotopic (exact) mass is 351 g/mol. The molecule has 1 atom stereocenters. The van der Waals surface area contributed by atoms with E-state index in [4.69, 9.17) is 5.26 Å². The summed E-state index contributed by atoms with van der Waals surface area (Å²) in [6.45, 7) is 2.53. The van der Waals surface area contributed by atoms with Crippen LogP contribution in [0.15, 0.2) is 36.4 Å². The SMILES string of the molecule is N#Cc1ccc(N2CCC(C3NCCc4cc(O)ccc43)CC2)c(F)c1. The van der Waals surface area contributed by atoms with Crippen LogP contribution in [0.25, 0.3) is 0 Å². The van der Waals surface area contributed by atoms with Gasteiger partial charge >= 0.3 is 0 Å². The molecule has 134 valence electrons. The van der Waals surface area contributed by atoms with Gasteiger partial charge in [-0.15, -0.1) is 0 Å². The third kappa shape index (κ3) is 3.13. The first kappa shape index (κ1) is 16.9. The normalized spacial score (nSPS) is 20.5. The molecule has 1 fully saturated rings. The van der Waals surface area contributed by atoms with Gasteiger partial charge in [0, 0.05) is 19.1 Å². The molecule has 2 aromatic carbocycles. The fourth-order valence-corrected chi connectivity index (χ4v) is 4.31. The Labute approximate surface area is 152 Å². The summed E-state index contributed by atoms with van der Waals surface area (Å²) in [4.78, 5) is 2.08. The lowest BCUT2D eigenvalue weighted by atomic mass is 9.81. The van der Waals surface area contributed by atoms with Crippen molar-refractivity contribution in [3.8, 4) is 11.8 Å². The fraction of sp³-hybridized carbons (Fsp3) is 0.381. The van der Waals surface area contributed by atoms with Crippen LogP contribution in [0.5, 0.6) is 5.75 Å². The Kier molecular flexibility index (Phi) is 4.52. The Bertz CT molecular complexity index is 853. The van der Waals surface area contributed by atoms with E-state index in [1.54, 1.807) is 18.2 Å². The molecule has 26 heavy (non-hydrogen) atoms. The molecule has 2 heterocycles. The molecule has 2 aliphatic heterocycles. The largest absolute Gasteiger partial charge is 0.508 e. The molecular formula is C21H22FN3O. The van der Waals surface area contributed by atoms with Crippen molar-refractivity contribution in [2.24, 2.45) is 5.92 Å². The molecule has 0 amide bonds. The average molecular weight is 351 g/mol. The number of phenols is 1. The number of nitrogens with one attached hydrogen (secondary N) is 1. The summed E-state index contributed by atoms with van der Waals surface area (Å²) in [5.41, 5.74) is 3.46. The highest BCUT2D eigenvalue weighted by atomic mass is 19.1. The van der Waals surface area contributed by atoms with E-state index in [0.717, 1.165) is 38.9 Å². The molecular weight excluding hydrogens is 329 g/mol. The summed E-state index contributed by atoms with van der Waals surface area (Å²) in [6.07, 6.45) is 2.91.